The van der Waals surface area contributed by atoms with Crippen LogP contribution in [0, 0.1) is 0 Å². The van der Waals surface area contributed by atoms with Crippen LogP contribution in [0.25, 0.3) is 0 Å². The number of guanidine groups is 1. The number of primary sulfonamides is 1. The Hall–Kier alpha value is -1.84. The molecule has 1 aromatic rings. The number of sulfonamides is 1. The Bertz CT molecular complexity index is 568. The van der Waals surface area contributed by atoms with Gasteiger partial charge in [-0.2, -0.15) is 4.99 Å². The van der Waals surface area contributed by atoms with Gasteiger partial charge in [0.25, 0.3) is 0 Å². The van der Waals surface area contributed by atoms with Crippen LogP contribution in [0.2, 0.25) is 0 Å². The average Bonchev–Trinajstić information content (AvgIpc) is 2.15. The molecule has 1 aromatic carbocycles. The Balaban J connectivity index is 0.00000289. The highest BCUT2D eigenvalue weighted by molar-refractivity contribution is 7.89. The van der Waals surface area contributed by atoms with Gasteiger partial charge in [-0.25, -0.2) is 18.4 Å². The first-order valence-corrected chi connectivity index (χ1v) is 5.87. The molecular weight excluding hydrogens is 282 g/mol. The van der Waals surface area contributed by atoms with Crippen LogP contribution in [0.3, 0.4) is 0 Å². The number of nitrogens with one attached hydrogen (secondary N) is 1. The predicted molar refractivity (Wildman–Crippen MR) is 69.9 cm³/mol. The summed E-state index contributed by atoms with van der Waals surface area (Å²) in [5.41, 5.74) is 10.2. The van der Waals surface area contributed by atoms with Crippen molar-refractivity contribution >= 4 is 40.1 Å². The van der Waals surface area contributed by atoms with E-state index in [0.717, 1.165) is 0 Å². The van der Waals surface area contributed by atoms with Crippen LogP contribution in [-0.2, 0) is 10.0 Å². The maximum atomic E-state index is 11.1. The molecule has 0 saturated carbocycles. The number of hydrogen-bond donors (Lipinski definition) is 4. The van der Waals surface area contributed by atoms with Crippen LogP contribution >= 0.6 is 12.4 Å². The van der Waals surface area contributed by atoms with Gasteiger partial charge < -0.3 is 16.8 Å². The number of amides is 2. The molecule has 0 bridgehead atoms. The standard InChI is InChI=1S/C8H11N5O3S.ClH/c9-7(10)13-8(14)12-5-2-1-3-6(4-5)17(11,15)16;/h1-4H,(H2,11,15,16)(H5,9,10,12,13,14);1H. The number of aliphatic imine (C=N–C) groups is 1. The molecule has 0 spiro atoms. The zero-order chi connectivity index (χ0) is 13.1. The minimum atomic E-state index is -3.82. The van der Waals surface area contributed by atoms with E-state index in [1.165, 1.54) is 24.3 Å². The Morgan fingerprint density at radius 3 is 2.39 bits per heavy atom. The monoisotopic (exact) mass is 293 g/mol. The average molecular weight is 294 g/mol. The quantitative estimate of drug-likeness (QED) is 0.430. The van der Waals surface area contributed by atoms with Crippen molar-refractivity contribution in [1.82, 2.24) is 0 Å². The SMILES string of the molecule is Cl.NC(N)=NC(=O)Nc1cccc(S(N)(=O)=O)c1. The maximum Gasteiger partial charge on any atom is 0.348 e. The van der Waals surface area contributed by atoms with E-state index in [1.54, 1.807) is 0 Å². The molecule has 0 atom stereocenters. The van der Waals surface area contributed by atoms with Crippen LogP contribution in [0.15, 0.2) is 34.2 Å². The van der Waals surface area contributed by atoms with Crippen molar-refractivity contribution in [2.45, 2.75) is 4.90 Å². The van der Waals surface area contributed by atoms with Gasteiger partial charge in [0.15, 0.2) is 5.96 Å². The van der Waals surface area contributed by atoms with E-state index in [4.69, 9.17) is 16.6 Å². The number of carbonyl (C=O) groups is 1. The Kier molecular flexibility index (Phi) is 5.56. The maximum absolute atomic E-state index is 11.1. The Morgan fingerprint density at radius 2 is 1.89 bits per heavy atom. The smallest absolute Gasteiger partial charge is 0.348 e. The molecule has 8 nitrogen and oxygen atoms in total. The lowest BCUT2D eigenvalue weighted by Crippen LogP contribution is -2.25. The molecule has 0 heterocycles. The number of nitrogens with two attached hydrogens (primary N) is 3. The third kappa shape index (κ3) is 4.99. The number of halogens is 1. The van der Waals surface area contributed by atoms with Crippen LogP contribution in [0.4, 0.5) is 10.5 Å². The molecule has 2 amide bonds. The highest BCUT2D eigenvalue weighted by Crippen LogP contribution is 2.14. The lowest BCUT2D eigenvalue weighted by Gasteiger charge is -2.03. The fraction of sp³-hybridized carbons (Fsp3) is 0. The van der Waals surface area contributed by atoms with E-state index in [-0.39, 0.29) is 23.0 Å². The second kappa shape index (κ2) is 6.19. The summed E-state index contributed by atoms with van der Waals surface area (Å²) in [4.78, 5) is 14.2. The molecule has 0 aromatic heterocycles. The van der Waals surface area contributed by atoms with Crippen molar-refractivity contribution in [3.63, 3.8) is 0 Å². The second-order valence-electron chi connectivity index (χ2n) is 3.04. The zero-order valence-electron chi connectivity index (χ0n) is 9.03. The molecule has 7 N–H and O–H groups in total. The largest absolute Gasteiger partial charge is 0.370 e. The summed E-state index contributed by atoms with van der Waals surface area (Å²) in [6, 6.07) is 4.57. The minimum absolute atomic E-state index is 0. The molecule has 0 unspecified atom stereocenters. The molecule has 0 aliphatic carbocycles. The van der Waals surface area contributed by atoms with E-state index in [2.05, 4.69) is 10.3 Å². The first-order valence-electron chi connectivity index (χ1n) is 4.32. The van der Waals surface area contributed by atoms with Crippen molar-refractivity contribution < 1.29 is 13.2 Å². The minimum Gasteiger partial charge on any atom is -0.370 e. The van der Waals surface area contributed by atoms with Crippen molar-refractivity contribution in [3.8, 4) is 0 Å². The van der Waals surface area contributed by atoms with E-state index in [1.807, 2.05) is 0 Å². The molecule has 0 saturated heterocycles. The Labute approximate surface area is 110 Å². The van der Waals surface area contributed by atoms with Gasteiger partial charge >= 0.3 is 6.03 Å². The number of nitrogens with zero attached hydrogens (tertiary/aromatic N) is 1. The van der Waals surface area contributed by atoms with Gasteiger partial charge in [-0.1, -0.05) is 6.07 Å². The first kappa shape index (κ1) is 16.2. The third-order valence-corrected chi connectivity index (χ3v) is 2.56. The summed E-state index contributed by atoms with van der Waals surface area (Å²) in [6.45, 7) is 0. The second-order valence-corrected chi connectivity index (χ2v) is 4.60. The highest BCUT2D eigenvalue weighted by Gasteiger charge is 2.08. The lowest BCUT2D eigenvalue weighted by molar-refractivity contribution is 0.259. The van der Waals surface area contributed by atoms with Crippen LogP contribution in [0.5, 0.6) is 0 Å². The van der Waals surface area contributed by atoms with E-state index in [9.17, 15) is 13.2 Å². The summed E-state index contributed by atoms with van der Waals surface area (Å²) >= 11 is 0. The Morgan fingerprint density at radius 1 is 1.28 bits per heavy atom. The van der Waals surface area contributed by atoms with Crippen molar-refractivity contribution in [2.24, 2.45) is 21.6 Å². The number of urea groups is 1. The summed E-state index contributed by atoms with van der Waals surface area (Å²) < 4.78 is 22.1. The fourth-order valence-electron chi connectivity index (χ4n) is 1.02. The van der Waals surface area contributed by atoms with Gasteiger partial charge in [0.2, 0.25) is 10.0 Å². The van der Waals surface area contributed by atoms with Gasteiger partial charge in [0, 0.05) is 5.69 Å². The number of benzene rings is 1. The summed E-state index contributed by atoms with van der Waals surface area (Å²) in [6.07, 6.45) is 0. The predicted octanol–water partition coefficient (Wildman–Crippen LogP) is -0.439. The van der Waals surface area contributed by atoms with Crippen LogP contribution in [-0.4, -0.2) is 20.4 Å². The first-order chi connectivity index (χ1) is 7.79. The van der Waals surface area contributed by atoms with E-state index < -0.39 is 22.0 Å². The van der Waals surface area contributed by atoms with Gasteiger partial charge in [0.05, 0.1) is 4.90 Å². The van der Waals surface area contributed by atoms with Crippen LogP contribution in [0.1, 0.15) is 0 Å². The molecule has 0 aliphatic heterocycles. The number of anilines is 1. The van der Waals surface area contributed by atoms with Crippen LogP contribution < -0.4 is 21.9 Å². The molecule has 1 rings (SSSR count). The number of hydrogen-bond acceptors (Lipinski definition) is 3. The fourth-order valence-corrected chi connectivity index (χ4v) is 1.58. The van der Waals surface area contributed by atoms with Crippen molar-refractivity contribution in [1.29, 1.82) is 0 Å². The molecule has 100 valence electrons. The number of rotatable bonds is 2. The summed E-state index contributed by atoms with van der Waals surface area (Å²) in [5, 5.41) is 7.21. The summed E-state index contributed by atoms with van der Waals surface area (Å²) in [5.74, 6) is -0.398. The molecule has 10 heteroatoms. The molecule has 0 aliphatic rings. The van der Waals surface area contributed by atoms with Gasteiger partial charge in [0.1, 0.15) is 0 Å². The van der Waals surface area contributed by atoms with Gasteiger partial charge in [-0.05, 0) is 18.2 Å². The van der Waals surface area contributed by atoms with Crippen molar-refractivity contribution in [3.05, 3.63) is 24.3 Å². The topological polar surface area (TPSA) is 154 Å². The van der Waals surface area contributed by atoms with E-state index in [0.29, 0.717) is 0 Å². The molecular formula is C8H12ClN5O3S. The zero-order valence-corrected chi connectivity index (χ0v) is 10.7. The molecule has 0 fully saturated rings. The van der Waals surface area contributed by atoms with Gasteiger partial charge in [-0.3, -0.25) is 0 Å². The van der Waals surface area contributed by atoms with Crippen molar-refractivity contribution in [2.75, 3.05) is 5.32 Å². The van der Waals surface area contributed by atoms with Gasteiger partial charge in [-0.15, -0.1) is 12.4 Å². The summed E-state index contributed by atoms with van der Waals surface area (Å²) in [7, 11) is -3.82. The van der Waals surface area contributed by atoms with E-state index >= 15 is 0 Å². The number of carbonyl (C=O) groups excluding carboxylic acids is 1. The molecule has 0 radical (unpaired) electrons. The normalized spacial score (nSPS) is 10.1. The third-order valence-electron chi connectivity index (χ3n) is 1.64. The highest BCUT2D eigenvalue weighted by atomic mass is 35.5. The lowest BCUT2D eigenvalue weighted by atomic mass is 10.3. The molecule has 18 heavy (non-hydrogen) atoms.